The van der Waals surface area contributed by atoms with Gasteiger partial charge in [-0.3, -0.25) is 4.79 Å². The summed E-state index contributed by atoms with van der Waals surface area (Å²) in [4.78, 5) is 28.6. The number of aromatic amines is 1. The molecule has 0 atom stereocenters. The van der Waals surface area contributed by atoms with Crippen molar-refractivity contribution in [3.05, 3.63) is 57.8 Å². The lowest BCUT2D eigenvalue weighted by Crippen LogP contribution is -2.20. The molecule has 1 heterocycles. The highest BCUT2D eigenvalue weighted by molar-refractivity contribution is 5.86. The smallest absolute Gasteiger partial charge is 0.342 e. The van der Waals surface area contributed by atoms with E-state index < -0.39 is 11.5 Å². The van der Waals surface area contributed by atoms with Gasteiger partial charge >= 0.3 is 5.97 Å². The first-order valence-electron chi connectivity index (χ1n) is 6.52. The van der Waals surface area contributed by atoms with Crippen LogP contribution in [0.4, 0.5) is 0 Å². The fourth-order valence-electron chi connectivity index (χ4n) is 1.89. The molecule has 0 saturated carbocycles. The summed E-state index contributed by atoms with van der Waals surface area (Å²) in [6.07, 6.45) is 1.04. The Morgan fingerprint density at radius 1 is 1.38 bits per heavy atom. The van der Waals surface area contributed by atoms with Crippen LogP contribution in [-0.2, 0) is 6.61 Å². The molecule has 2 aromatic rings. The van der Waals surface area contributed by atoms with E-state index in [2.05, 4.69) is 23.8 Å². The molecule has 2 N–H and O–H groups in total. The molecule has 2 rings (SSSR count). The first-order valence-corrected chi connectivity index (χ1v) is 6.52. The van der Waals surface area contributed by atoms with E-state index in [0.29, 0.717) is 5.92 Å². The van der Waals surface area contributed by atoms with E-state index in [1.807, 2.05) is 24.3 Å². The number of carbonyl (C=O) groups is 1. The monoisotopic (exact) mass is 288 g/mol. The van der Waals surface area contributed by atoms with Crippen LogP contribution in [0.1, 0.15) is 41.5 Å². The number of ether oxygens (including phenoxy) is 1. The van der Waals surface area contributed by atoms with E-state index >= 15 is 0 Å². The summed E-state index contributed by atoms with van der Waals surface area (Å²) in [7, 11) is 0. The standard InChI is InChI=1S/C15H16N2O4/c1-9(2)10-5-3-4-6-12(10)21-8-13-16-7-11(15(19)20)14(18)17-13/h3-7,9H,8H2,1-2H3,(H,19,20)(H,16,17,18). The zero-order valence-corrected chi connectivity index (χ0v) is 11.8. The maximum atomic E-state index is 11.5. The number of benzene rings is 1. The van der Waals surface area contributed by atoms with Crippen molar-refractivity contribution >= 4 is 5.97 Å². The highest BCUT2D eigenvalue weighted by Gasteiger charge is 2.11. The van der Waals surface area contributed by atoms with Crippen molar-refractivity contribution in [3.8, 4) is 5.75 Å². The Kier molecular flexibility index (Phi) is 4.37. The summed E-state index contributed by atoms with van der Waals surface area (Å²) in [5.74, 6) is 0.00462. The molecular formula is C15H16N2O4. The number of carboxylic acids is 1. The Morgan fingerprint density at radius 3 is 2.71 bits per heavy atom. The van der Waals surface area contributed by atoms with Crippen LogP contribution in [0.5, 0.6) is 5.75 Å². The summed E-state index contributed by atoms with van der Waals surface area (Å²) >= 11 is 0. The van der Waals surface area contributed by atoms with Crippen molar-refractivity contribution in [2.45, 2.75) is 26.4 Å². The zero-order valence-electron chi connectivity index (χ0n) is 11.8. The lowest BCUT2D eigenvalue weighted by molar-refractivity contribution is 0.0694. The van der Waals surface area contributed by atoms with Crippen molar-refractivity contribution in [1.82, 2.24) is 9.97 Å². The normalized spacial score (nSPS) is 10.6. The summed E-state index contributed by atoms with van der Waals surface area (Å²) in [6.45, 7) is 4.19. The molecule has 0 bridgehead atoms. The minimum Gasteiger partial charge on any atom is -0.485 e. The molecule has 6 nitrogen and oxygen atoms in total. The number of H-pyrrole nitrogens is 1. The summed E-state index contributed by atoms with van der Waals surface area (Å²) < 4.78 is 5.66. The van der Waals surface area contributed by atoms with Crippen LogP contribution in [0.25, 0.3) is 0 Å². The van der Waals surface area contributed by atoms with E-state index in [1.165, 1.54) is 0 Å². The summed E-state index contributed by atoms with van der Waals surface area (Å²) in [5.41, 5.74) is -0.0171. The lowest BCUT2D eigenvalue weighted by Gasteiger charge is -2.13. The van der Waals surface area contributed by atoms with Crippen LogP contribution < -0.4 is 10.3 Å². The molecule has 0 aliphatic carbocycles. The molecule has 0 fully saturated rings. The topological polar surface area (TPSA) is 92.3 Å². The number of carboxylic acid groups (broad SMARTS) is 1. The van der Waals surface area contributed by atoms with Crippen molar-refractivity contribution in [1.29, 1.82) is 0 Å². The highest BCUT2D eigenvalue weighted by atomic mass is 16.5. The van der Waals surface area contributed by atoms with Gasteiger partial charge in [0.2, 0.25) is 0 Å². The van der Waals surface area contributed by atoms with E-state index in [9.17, 15) is 9.59 Å². The van der Waals surface area contributed by atoms with Crippen LogP contribution in [-0.4, -0.2) is 21.0 Å². The molecule has 0 saturated heterocycles. The Morgan fingerprint density at radius 2 is 2.10 bits per heavy atom. The van der Waals surface area contributed by atoms with E-state index in [1.54, 1.807) is 0 Å². The predicted octanol–water partition coefficient (Wildman–Crippen LogP) is 2.17. The lowest BCUT2D eigenvalue weighted by atomic mass is 10.0. The molecule has 0 aliphatic heterocycles. The van der Waals surface area contributed by atoms with Gasteiger partial charge in [0, 0.05) is 6.20 Å². The Labute approximate surface area is 121 Å². The minimum atomic E-state index is -1.30. The molecule has 1 aromatic carbocycles. The van der Waals surface area contributed by atoms with E-state index in [0.717, 1.165) is 17.5 Å². The summed E-state index contributed by atoms with van der Waals surface area (Å²) in [6, 6.07) is 7.62. The molecule has 0 spiro atoms. The fourth-order valence-corrected chi connectivity index (χ4v) is 1.89. The second-order valence-electron chi connectivity index (χ2n) is 4.86. The predicted molar refractivity (Wildman–Crippen MR) is 76.7 cm³/mol. The molecule has 0 aliphatic rings. The van der Waals surface area contributed by atoms with Gasteiger partial charge in [-0.25, -0.2) is 9.78 Å². The van der Waals surface area contributed by atoms with E-state index in [4.69, 9.17) is 9.84 Å². The maximum Gasteiger partial charge on any atom is 0.342 e. The third kappa shape index (κ3) is 3.47. The SMILES string of the molecule is CC(C)c1ccccc1OCc1ncc(C(=O)O)c(=O)[nH]1. The van der Waals surface area contributed by atoms with E-state index in [-0.39, 0.29) is 18.0 Å². The Balaban J connectivity index is 2.16. The van der Waals surface area contributed by atoms with Gasteiger partial charge in [0.25, 0.3) is 5.56 Å². The van der Waals surface area contributed by atoms with Gasteiger partial charge in [0.05, 0.1) is 0 Å². The van der Waals surface area contributed by atoms with Gasteiger partial charge < -0.3 is 14.8 Å². The molecule has 0 unspecified atom stereocenters. The molecule has 110 valence electrons. The highest BCUT2D eigenvalue weighted by Crippen LogP contribution is 2.26. The van der Waals surface area contributed by atoms with Gasteiger partial charge in [-0.15, -0.1) is 0 Å². The second kappa shape index (κ2) is 6.21. The van der Waals surface area contributed by atoms with Crippen LogP contribution in [0, 0.1) is 0 Å². The number of aromatic carboxylic acids is 1. The van der Waals surface area contributed by atoms with Crippen molar-refractivity contribution < 1.29 is 14.6 Å². The maximum absolute atomic E-state index is 11.5. The zero-order chi connectivity index (χ0) is 15.4. The third-order valence-corrected chi connectivity index (χ3v) is 2.99. The quantitative estimate of drug-likeness (QED) is 0.879. The van der Waals surface area contributed by atoms with Crippen LogP contribution in [0.15, 0.2) is 35.3 Å². The van der Waals surface area contributed by atoms with Gasteiger partial charge in [0.1, 0.15) is 23.7 Å². The number of para-hydroxylation sites is 1. The van der Waals surface area contributed by atoms with Crippen LogP contribution >= 0.6 is 0 Å². The van der Waals surface area contributed by atoms with Crippen molar-refractivity contribution in [2.24, 2.45) is 0 Å². The third-order valence-electron chi connectivity index (χ3n) is 2.99. The number of hydrogen-bond donors (Lipinski definition) is 2. The number of nitrogens with one attached hydrogen (secondary N) is 1. The number of aromatic nitrogens is 2. The molecule has 0 amide bonds. The van der Waals surface area contributed by atoms with Crippen molar-refractivity contribution in [3.63, 3.8) is 0 Å². The van der Waals surface area contributed by atoms with Gasteiger partial charge in [-0.2, -0.15) is 0 Å². The molecule has 0 radical (unpaired) electrons. The fraction of sp³-hybridized carbons (Fsp3) is 0.267. The largest absolute Gasteiger partial charge is 0.485 e. The minimum absolute atomic E-state index is 0.0683. The molecule has 1 aromatic heterocycles. The van der Waals surface area contributed by atoms with Crippen LogP contribution in [0.2, 0.25) is 0 Å². The summed E-state index contributed by atoms with van der Waals surface area (Å²) in [5, 5.41) is 8.77. The van der Waals surface area contributed by atoms with Gasteiger partial charge in [0.15, 0.2) is 0 Å². The van der Waals surface area contributed by atoms with Crippen LogP contribution in [0.3, 0.4) is 0 Å². The molecule has 21 heavy (non-hydrogen) atoms. The molecular weight excluding hydrogens is 272 g/mol. The number of rotatable bonds is 5. The van der Waals surface area contributed by atoms with Gasteiger partial charge in [-0.1, -0.05) is 32.0 Å². The first-order chi connectivity index (χ1) is 9.99. The second-order valence-corrected chi connectivity index (χ2v) is 4.86. The average molecular weight is 288 g/mol. The number of nitrogens with zero attached hydrogens (tertiary/aromatic N) is 1. The Hall–Kier alpha value is -2.63. The van der Waals surface area contributed by atoms with Crippen molar-refractivity contribution in [2.75, 3.05) is 0 Å². The van der Waals surface area contributed by atoms with Gasteiger partial charge in [-0.05, 0) is 17.5 Å². The molecule has 6 heteroatoms. The average Bonchev–Trinajstić information content (AvgIpc) is 2.45. The number of hydrogen-bond acceptors (Lipinski definition) is 4. The first kappa shape index (κ1) is 14.8. The Bertz CT molecular complexity index is 707.